The van der Waals surface area contributed by atoms with Gasteiger partial charge in [-0.05, 0) is 24.6 Å². The van der Waals surface area contributed by atoms with Gasteiger partial charge in [0.25, 0.3) is 0 Å². The second-order valence-electron chi connectivity index (χ2n) is 5.11. The van der Waals surface area contributed by atoms with Crippen molar-refractivity contribution in [1.82, 2.24) is 10.6 Å². The van der Waals surface area contributed by atoms with Crippen LogP contribution < -0.4 is 15.4 Å². The summed E-state index contributed by atoms with van der Waals surface area (Å²) in [4.78, 5) is 4.16. The van der Waals surface area contributed by atoms with Gasteiger partial charge >= 0.3 is 0 Å². The average molecular weight is 478 g/mol. The van der Waals surface area contributed by atoms with Crippen molar-refractivity contribution in [2.45, 2.75) is 13.0 Å². The Balaban J connectivity index is 0.00000312. The summed E-state index contributed by atoms with van der Waals surface area (Å²) >= 11 is 6.03. The number of benzene rings is 2. The third kappa shape index (κ3) is 6.36. The van der Waals surface area contributed by atoms with Crippen LogP contribution in [0.3, 0.4) is 0 Å². The summed E-state index contributed by atoms with van der Waals surface area (Å²) < 4.78 is 19.1. The van der Waals surface area contributed by atoms with E-state index in [1.54, 1.807) is 26.3 Å². The van der Waals surface area contributed by atoms with Gasteiger partial charge in [0.1, 0.15) is 11.6 Å². The number of para-hydroxylation sites is 1. The van der Waals surface area contributed by atoms with Gasteiger partial charge in [0.15, 0.2) is 5.96 Å². The van der Waals surface area contributed by atoms with Gasteiger partial charge in [-0.15, -0.1) is 24.0 Å². The Bertz CT molecular complexity index is 692. The lowest BCUT2D eigenvalue weighted by atomic mass is 10.1. The first-order valence-corrected chi connectivity index (χ1v) is 8.02. The fourth-order valence-corrected chi connectivity index (χ4v) is 2.58. The summed E-state index contributed by atoms with van der Waals surface area (Å²) in [6, 6.07) is 12.5. The molecule has 0 saturated carbocycles. The van der Waals surface area contributed by atoms with Crippen molar-refractivity contribution in [3.63, 3.8) is 0 Å². The van der Waals surface area contributed by atoms with Crippen LogP contribution in [0.1, 0.15) is 11.1 Å². The highest BCUT2D eigenvalue weighted by molar-refractivity contribution is 14.0. The predicted octanol–water partition coefficient (Wildman–Crippen LogP) is 4.01. The molecular formula is C18H22ClFIN3O. The van der Waals surface area contributed by atoms with Crippen molar-refractivity contribution in [2.24, 2.45) is 4.99 Å². The second-order valence-corrected chi connectivity index (χ2v) is 5.52. The molecule has 0 spiro atoms. The summed E-state index contributed by atoms with van der Waals surface area (Å²) in [5.41, 5.74) is 1.53. The summed E-state index contributed by atoms with van der Waals surface area (Å²) in [6.45, 7) is 1.09. The van der Waals surface area contributed by atoms with E-state index in [9.17, 15) is 4.39 Å². The molecule has 2 aromatic rings. The molecular weight excluding hydrogens is 456 g/mol. The third-order valence-corrected chi connectivity index (χ3v) is 3.95. The van der Waals surface area contributed by atoms with Crippen molar-refractivity contribution in [3.05, 3.63) is 64.4 Å². The number of aliphatic imine (C=N–C) groups is 1. The Kier molecular flexibility index (Phi) is 9.59. The third-order valence-electron chi connectivity index (χ3n) is 3.59. The molecule has 7 heteroatoms. The highest BCUT2D eigenvalue weighted by Crippen LogP contribution is 2.19. The first-order valence-electron chi connectivity index (χ1n) is 7.65. The molecule has 0 heterocycles. The standard InChI is InChI=1S/C18H21ClFN3O.HI/c1-21-18(23-12-13-6-3-4-9-17(13)24-2)22-11-10-14-15(19)7-5-8-16(14)20;/h3-9H,10-12H2,1-2H3,(H2,21,22,23);1H. The highest BCUT2D eigenvalue weighted by atomic mass is 127. The van der Waals surface area contributed by atoms with Crippen LogP contribution in [0.4, 0.5) is 4.39 Å². The molecule has 0 saturated heterocycles. The van der Waals surface area contributed by atoms with E-state index in [0.29, 0.717) is 36.1 Å². The molecule has 2 N–H and O–H groups in total. The van der Waals surface area contributed by atoms with Crippen LogP contribution in [0.25, 0.3) is 0 Å². The number of guanidine groups is 1. The molecule has 2 rings (SSSR count). The van der Waals surface area contributed by atoms with E-state index in [-0.39, 0.29) is 29.8 Å². The molecule has 0 bridgehead atoms. The SMILES string of the molecule is CN=C(NCCc1c(F)cccc1Cl)NCc1ccccc1OC.I. The zero-order valence-electron chi connectivity index (χ0n) is 14.2. The Labute approximate surface area is 169 Å². The minimum atomic E-state index is -0.290. The summed E-state index contributed by atoms with van der Waals surface area (Å²) in [5.74, 6) is 1.16. The van der Waals surface area contributed by atoms with E-state index in [0.717, 1.165) is 11.3 Å². The minimum absolute atomic E-state index is 0. The van der Waals surface area contributed by atoms with Crippen LogP contribution in [0.5, 0.6) is 5.75 Å². The number of nitrogens with zero attached hydrogens (tertiary/aromatic N) is 1. The molecule has 25 heavy (non-hydrogen) atoms. The first kappa shape index (κ1) is 21.5. The van der Waals surface area contributed by atoms with Crippen LogP contribution >= 0.6 is 35.6 Å². The van der Waals surface area contributed by atoms with Crippen LogP contribution in [0.2, 0.25) is 5.02 Å². The number of methoxy groups -OCH3 is 1. The lowest BCUT2D eigenvalue weighted by Crippen LogP contribution is -2.38. The normalized spacial score (nSPS) is 10.8. The predicted molar refractivity (Wildman–Crippen MR) is 112 cm³/mol. The monoisotopic (exact) mass is 477 g/mol. The number of rotatable bonds is 6. The van der Waals surface area contributed by atoms with Crippen molar-refractivity contribution in [1.29, 1.82) is 0 Å². The Morgan fingerprint density at radius 3 is 2.60 bits per heavy atom. The summed E-state index contributed by atoms with van der Waals surface area (Å²) in [5, 5.41) is 6.80. The number of halogens is 3. The lowest BCUT2D eigenvalue weighted by molar-refractivity contribution is 0.409. The van der Waals surface area contributed by atoms with Gasteiger partial charge in [-0.25, -0.2) is 4.39 Å². The van der Waals surface area contributed by atoms with Crippen molar-refractivity contribution in [3.8, 4) is 5.75 Å². The maximum Gasteiger partial charge on any atom is 0.191 e. The van der Waals surface area contributed by atoms with Crippen LogP contribution in [-0.4, -0.2) is 26.7 Å². The fourth-order valence-electron chi connectivity index (χ4n) is 2.33. The van der Waals surface area contributed by atoms with Gasteiger partial charge in [-0.2, -0.15) is 0 Å². The number of ether oxygens (including phenoxy) is 1. The molecule has 0 aliphatic heterocycles. The van der Waals surface area contributed by atoms with Gasteiger partial charge in [-0.1, -0.05) is 35.9 Å². The van der Waals surface area contributed by atoms with Gasteiger partial charge in [0.2, 0.25) is 0 Å². The van der Waals surface area contributed by atoms with Gasteiger partial charge in [0, 0.05) is 36.3 Å². The van der Waals surface area contributed by atoms with Crippen LogP contribution in [-0.2, 0) is 13.0 Å². The quantitative estimate of drug-likeness (QED) is 0.375. The van der Waals surface area contributed by atoms with Gasteiger partial charge in [0.05, 0.1) is 7.11 Å². The van der Waals surface area contributed by atoms with E-state index in [2.05, 4.69) is 15.6 Å². The minimum Gasteiger partial charge on any atom is -0.496 e. The molecule has 0 aliphatic rings. The maximum absolute atomic E-state index is 13.7. The Hall–Kier alpha value is -1.54. The molecule has 136 valence electrons. The average Bonchev–Trinajstić information content (AvgIpc) is 2.60. The topological polar surface area (TPSA) is 45.7 Å². The zero-order valence-corrected chi connectivity index (χ0v) is 17.3. The molecule has 0 aliphatic carbocycles. The maximum atomic E-state index is 13.7. The molecule has 0 radical (unpaired) electrons. The molecule has 0 amide bonds. The van der Waals surface area contributed by atoms with E-state index in [1.807, 2.05) is 24.3 Å². The molecule has 4 nitrogen and oxygen atoms in total. The lowest BCUT2D eigenvalue weighted by Gasteiger charge is -2.14. The molecule has 0 aromatic heterocycles. The van der Waals surface area contributed by atoms with Gasteiger partial charge in [-0.3, -0.25) is 4.99 Å². The highest BCUT2D eigenvalue weighted by Gasteiger charge is 2.07. The number of hydrogen-bond donors (Lipinski definition) is 2. The van der Waals surface area contributed by atoms with Crippen LogP contribution in [0.15, 0.2) is 47.5 Å². The van der Waals surface area contributed by atoms with Gasteiger partial charge < -0.3 is 15.4 Å². The fraction of sp³-hybridized carbons (Fsp3) is 0.278. The second kappa shape index (κ2) is 11.1. The van der Waals surface area contributed by atoms with E-state index >= 15 is 0 Å². The molecule has 2 aromatic carbocycles. The first-order chi connectivity index (χ1) is 11.7. The van der Waals surface area contributed by atoms with E-state index < -0.39 is 0 Å². The smallest absolute Gasteiger partial charge is 0.191 e. The largest absolute Gasteiger partial charge is 0.496 e. The molecule has 0 atom stereocenters. The molecule has 0 unspecified atom stereocenters. The molecule has 0 fully saturated rings. The zero-order chi connectivity index (χ0) is 17.4. The number of hydrogen-bond acceptors (Lipinski definition) is 2. The summed E-state index contributed by atoms with van der Waals surface area (Å²) in [6.07, 6.45) is 0.473. The van der Waals surface area contributed by atoms with Crippen molar-refractivity contribution < 1.29 is 9.13 Å². The van der Waals surface area contributed by atoms with Crippen LogP contribution in [0, 0.1) is 5.82 Å². The van der Waals surface area contributed by atoms with Crippen molar-refractivity contribution in [2.75, 3.05) is 20.7 Å². The van der Waals surface area contributed by atoms with Crippen molar-refractivity contribution >= 4 is 41.5 Å². The Morgan fingerprint density at radius 2 is 1.92 bits per heavy atom. The van der Waals surface area contributed by atoms with E-state index in [4.69, 9.17) is 16.3 Å². The van der Waals surface area contributed by atoms with E-state index in [1.165, 1.54) is 6.07 Å². The Morgan fingerprint density at radius 1 is 1.16 bits per heavy atom. The number of nitrogens with one attached hydrogen (secondary N) is 2. The summed E-state index contributed by atoms with van der Waals surface area (Å²) in [7, 11) is 3.33.